The van der Waals surface area contributed by atoms with Crippen molar-refractivity contribution in [1.29, 1.82) is 0 Å². The van der Waals surface area contributed by atoms with Crippen LogP contribution in [0.4, 0.5) is 0 Å². The highest BCUT2D eigenvalue weighted by molar-refractivity contribution is 5.99. The van der Waals surface area contributed by atoms with Gasteiger partial charge in [0.25, 0.3) is 0 Å². The Kier molecular flexibility index (Phi) is 3.94. The Hall–Kier alpha value is -1.77. The molecule has 0 fully saturated rings. The summed E-state index contributed by atoms with van der Waals surface area (Å²) in [5.74, 6) is -0.270. The molecular formula is C14H18O3. The van der Waals surface area contributed by atoms with Crippen molar-refractivity contribution in [2.45, 2.75) is 34.1 Å². The topological polar surface area (TPSA) is 57.5 Å². The van der Waals surface area contributed by atoms with E-state index in [2.05, 4.69) is 0 Å². The summed E-state index contributed by atoms with van der Waals surface area (Å²) in [4.78, 5) is 11.4. The zero-order chi connectivity index (χ0) is 13.2. The molecule has 0 atom stereocenters. The SMILES string of the molecule is CC(=O)c1c(C)cc(O)c(CC=C(C)C)c1O. The van der Waals surface area contributed by atoms with Gasteiger partial charge in [-0.15, -0.1) is 0 Å². The molecule has 0 saturated carbocycles. The van der Waals surface area contributed by atoms with Gasteiger partial charge < -0.3 is 10.2 Å². The summed E-state index contributed by atoms with van der Waals surface area (Å²) >= 11 is 0. The molecule has 2 N–H and O–H groups in total. The first-order chi connectivity index (χ1) is 7.84. The minimum atomic E-state index is -0.196. The van der Waals surface area contributed by atoms with Gasteiger partial charge in [-0.25, -0.2) is 0 Å². The highest BCUT2D eigenvalue weighted by atomic mass is 16.3. The van der Waals surface area contributed by atoms with Gasteiger partial charge in [0.15, 0.2) is 5.78 Å². The summed E-state index contributed by atoms with van der Waals surface area (Å²) in [6.45, 7) is 6.98. The number of aromatic hydroxyl groups is 2. The fourth-order valence-electron chi connectivity index (χ4n) is 1.78. The van der Waals surface area contributed by atoms with Crippen LogP contribution in [0.15, 0.2) is 17.7 Å². The van der Waals surface area contributed by atoms with Gasteiger partial charge in [-0.1, -0.05) is 11.6 Å². The van der Waals surface area contributed by atoms with E-state index in [0.717, 1.165) is 5.57 Å². The number of benzene rings is 1. The standard InChI is InChI=1S/C14H18O3/c1-8(2)5-6-11-12(16)7-9(3)13(10(4)15)14(11)17/h5,7,16-17H,6H2,1-4H3. The Bertz CT molecular complexity index is 481. The molecule has 1 aromatic carbocycles. The number of hydrogen-bond donors (Lipinski definition) is 2. The van der Waals surface area contributed by atoms with Crippen LogP contribution in [-0.4, -0.2) is 16.0 Å². The molecule has 1 aromatic rings. The van der Waals surface area contributed by atoms with Crippen molar-refractivity contribution in [1.82, 2.24) is 0 Å². The first kappa shape index (κ1) is 13.3. The molecule has 0 heterocycles. The highest BCUT2D eigenvalue weighted by Gasteiger charge is 2.17. The van der Waals surface area contributed by atoms with Gasteiger partial charge in [-0.3, -0.25) is 4.79 Å². The molecule has 0 spiro atoms. The third-order valence-electron chi connectivity index (χ3n) is 2.65. The molecule has 0 aliphatic carbocycles. The number of phenolic OH excluding ortho intramolecular Hbond substituents is 2. The van der Waals surface area contributed by atoms with Crippen LogP contribution >= 0.6 is 0 Å². The van der Waals surface area contributed by atoms with Gasteiger partial charge in [0, 0.05) is 5.56 Å². The summed E-state index contributed by atoms with van der Waals surface area (Å²) in [6.07, 6.45) is 2.31. The molecule has 17 heavy (non-hydrogen) atoms. The number of ketones is 1. The van der Waals surface area contributed by atoms with Crippen LogP contribution in [0.5, 0.6) is 11.5 Å². The minimum Gasteiger partial charge on any atom is -0.508 e. The quantitative estimate of drug-likeness (QED) is 0.624. The van der Waals surface area contributed by atoms with Crippen LogP contribution in [0.1, 0.15) is 42.3 Å². The van der Waals surface area contributed by atoms with Crippen LogP contribution in [0, 0.1) is 6.92 Å². The molecule has 92 valence electrons. The molecular weight excluding hydrogens is 216 g/mol. The van der Waals surface area contributed by atoms with Crippen LogP contribution in [0.3, 0.4) is 0 Å². The second-order valence-electron chi connectivity index (χ2n) is 4.46. The maximum atomic E-state index is 11.4. The van der Waals surface area contributed by atoms with E-state index in [-0.39, 0.29) is 17.3 Å². The van der Waals surface area contributed by atoms with Crippen molar-refractivity contribution in [2.75, 3.05) is 0 Å². The number of carbonyl (C=O) groups excluding carboxylic acids is 1. The van der Waals surface area contributed by atoms with Gasteiger partial charge >= 0.3 is 0 Å². The third kappa shape index (κ3) is 2.87. The Labute approximate surface area is 101 Å². The molecule has 3 heteroatoms. The lowest BCUT2D eigenvalue weighted by atomic mass is 9.97. The second kappa shape index (κ2) is 5.04. The van der Waals surface area contributed by atoms with Crippen molar-refractivity contribution >= 4 is 5.78 Å². The summed E-state index contributed by atoms with van der Waals surface area (Å²) < 4.78 is 0. The van der Waals surface area contributed by atoms with Crippen LogP contribution in [-0.2, 0) is 6.42 Å². The number of Topliss-reactive ketones (excluding diaryl/α,β-unsaturated/α-hetero) is 1. The second-order valence-corrected chi connectivity index (χ2v) is 4.46. The van der Waals surface area contributed by atoms with E-state index < -0.39 is 0 Å². The number of allylic oxidation sites excluding steroid dienone is 2. The molecule has 3 nitrogen and oxygen atoms in total. The Morgan fingerprint density at radius 3 is 2.35 bits per heavy atom. The van der Waals surface area contributed by atoms with Crippen molar-refractivity contribution in [3.8, 4) is 11.5 Å². The fourth-order valence-corrected chi connectivity index (χ4v) is 1.78. The highest BCUT2D eigenvalue weighted by Crippen LogP contribution is 2.34. The van der Waals surface area contributed by atoms with Gasteiger partial charge in [0.2, 0.25) is 0 Å². The monoisotopic (exact) mass is 234 g/mol. The number of carbonyl (C=O) groups is 1. The van der Waals surface area contributed by atoms with Crippen molar-refractivity contribution < 1.29 is 15.0 Å². The normalized spacial score (nSPS) is 10.1. The van der Waals surface area contributed by atoms with Gasteiger partial charge in [0.1, 0.15) is 11.5 Å². The smallest absolute Gasteiger partial charge is 0.163 e. The van der Waals surface area contributed by atoms with Crippen LogP contribution in [0.2, 0.25) is 0 Å². The molecule has 0 bridgehead atoms. The predicted molar refractivity (Wildman–Crippen MR) is 67.6 cm³/mol. The lowest BCUT2D eigenvalue weighted by Gasteiger charge is -2.11. The first-order valence-electron chi connectivity index (χ1n) is 5.53. The lowest BCUT2D eigenvalue weighted by Crippen LogP contribution is -2.00. The zero-order valence-corrected chi connectivity index (χ0v) is 10.7. The number of hydrogen-bond acceptors (Lipinski definition) is 3. The molecule has 1 rings (SSSR count). The van der Waals surface area contributed by atoms with Crippen molar-refractivity contribution in [3.05, 3.63) is 34.4 Å². The minimum absolute atomic E-state index is 0.0301. The maximum absolute atomic E-state index is 11.4. The molecule has 0 aliphatic heterocycles. The number of phenols is 2. The molecule has 0 aromatic heterocycles. The largest absolute Gasteiger partial charge is 0.508 e. The summed E-state index contributed by atoms with van der Waals surface area (Å²) in [7, 11) is 0. The zero-order valence-electron chi connectivity index (χ0n) is 10.7. The fraction of sp³-hybridized carbons (Fsp3) is 0.357. The molecule has 0 radical (unpaired) electrons. The van der Waals surface area contributed by atoms with Gasteiger partial charge in [-0.2, -0.15) is 0 Å². The van der Waals surface area contributed by atoms with E-state index >= 15 is 0 Å². The number of rotatable bonds is 3. The van der Waals surface area contributed by atoms with E-state index in [4.69, 9.17) is 0 Å². The van der Waals surface area contributed by atoms with Crippen LogP contribution in [0.25, 0.3) is 0 Å². The van der Waals surface area contributed by atoms with E-state index in [1.165, 1.54) is 13.0 Å². The molecule has 0 unspecified atom stereocenters. The average molecular weight is 234 g/mol. The van der Waals surface area contributed by atoms with Crippen molar-refractivity contribution in [2.24, 2.45) is 0 Å². The average Bonchev–Trinajstić information content (AvgIpc) is 2.14. The first-order valence-corrected chi connectivity index (χ1v) is 5.53. The van der Waals surface area contributed by atoms with Crippen molar-refractivity contribution in [3.63, 3.8) is 0 Å². The predicted octanol–water partition coefficient (Wildman–Crippen LogP) is 3.12. The summed E-state index contributed by atoms with van der Waals surface area (Å²) in [5.41, 5.74) is 2.38. The summed E-state index contributed by atoms with van der Waals surface area (Å²) in [6, 6.07) is 1.52. The van der Waals surface area contributed by atoms with E-state index in [0.29, 0.717) is 23.1 Å². The molecule has 0 aliphatic rings. The van der Waals surface area contributed by atoms with E-state index in [9.17, 15) is 15.0 Å². The third-order valence-corrected chi connectivity index (χ3v) is 2.65. The Morgan fingerprint density at radius 1 is 1.29 bits per heavy atom. The van der Waals surface area contributed by atoms with Crippen LogP contribution < -0.4 is 0 Å². The summed E-state index contributed by atoms with van der Waals surface area (Å²) in [5, 5.41) is 19.8. The van der Waals surface area contributed by atoms with Gasteiger partial charge in [-0.05, 0) is 45.7 Å². The Balaban J connectivity index is 3.35. The molecule has 0 saturated heterocycles. The number of aryl methyl sites for hydroxylation is 1. The molecule has 0 amide bonds. The van der Waals surface area contributed by atoms with E-state index in [1.807, 2.05) is 19.9 Å². The Morgan fingerprint density at radius 2 is 1.88 bits per heavy atom. The lowest BCUT2D eigenvalue weighted by molar-refractivity contribution is 0.101. The maximum Gasteiger partial charge on any atom is 0.163 e. The van der Waals surface area contributed by atoms with E-state index in [1.54, 1.807) is 6.92 Å². The van der Waals surface area contributed by atoms with Gasteiger partial charge in [0.05, 0.1) is 5.56 Å².